The van der Waals surface area contributed by atoms with Crippen LogP contribution in [0.5, 0.6) is 5.75 Å². The van der Waals surface area contributed by atoms with Gasteiger partial charge in [-0.2, -0.15) is 0 Å². The maximum absolute atomic E-state index is 12.9. The van der Waals surface area contributed by atoms with Gasteiger partial charge in [0.05, 0.1) is 25.9 Å². The van der Waals surface area contributed by atoms with Crippen molar-refractivity contribution >= 4 is 16.9 Å². The Bertz CT molecular complexity index is 1170. The molecule has 3 aromatic rings. The lowest BCUT2D eigenvalue weighted by Gasteiger charge is -2.24. The third-order valence-corrected chi connectivity index (χ3v) is 5.64. The van der Waals surface area contributed by atoms with E-state index in [0.29, 0.717) is 37.6 Å². The Morgan fingerprint density at radius 3 is 2.91 bits per heavy atom. The van der Waals surface area contributed by atoms with Crippen LogP contribution in [0.4, 0.5) is 0 Å². The van der Waals surface area contributed by atoms with Gasteiger partial charge in [-0.3, -0.25) is 14.5 Å². The number of benzene rings is 1. The molecule has 1 fully saturated rings. The van der Waals surface area contributed by atoms with E-state index >= 15 is 0 Å². The van der Waals surface area contributed by atoms with Crippen LogP contribution in [0.1, 0.15) is 38.1 Å². The van der Waals surface area contributed by atoms with Gasteiger partial charge in [0.25, 0.3) is 5.56 Å². The van der Waals surface area contributed by atoms with Crippen LogP contribution < -0.4 is 10.3 Å². The Labute approximate surface area is 197 Å². The minimum absolute atomic E-state index is 0.0680. The van der Waals surface area contributed by atoms with Crippen LogP contribution in [0.25, 0.3) is 10.9 Å². The molecule has 1 aliphatic heterocycles. The molecule has 3 heterocycles. The molecule has 0 amide bonds. The van der Waals surface area contributed by atoms with E-state index in [1.54, 1.807) is 6.92 Å². The number of carbonyl (C=O) groups is 1. The van der Waals surface area contributed by atoms with Crippen molar-refractivity contribution in [1.82, 2.24) is 30.1 Å². The smallest absolute Gasteiger partial charge is 0.327 e. The lowest BCUT2D eigenvalue weighted by Crippen LogP contribution is -2.34. The number of aromatic nitrogens is 5. The van der Waals surface area contributed by atoms with Crippen molar-refractivity contribution in [1.29, 1.82) is 0 Å². The first-order valence-electron chi connectivity index (χ1n) is 11.6. The Hall–Kier alpha value is -3.31. The molecular weight excluding hydrogens is 440 g/mol. The molecule has 0 spiro atoms. The maximum atomic E-state index is 12.9. The van der Waals surface area contributed by atoms with Gasteiger partial charge in [0.2, 0.25) is 0 Å². The van der Waals surface area contributed by atoms with E-state index in [2.05, 4.69) is 25.4 Å². The minimum Gasteiger partial charge on any atom is -0.494 e. The highest BCUT2D eigenvalue weighted by atomic mass is 16.5. The highest BCUT2D eigenvalue weighted by molar-refractivity contribution is 5.80. The largest absolute Gasteiger partial charge is 0.494 e. The number of ether oxygens (including phenoxy) is 3. The Morgan fingerprint density at radius 1 is 1.26 bits per heavy atom. The fraction of sp³-hybridized carbons (Fsp3) is 0.522. The number of esters is 1. The molecule has 11 heteroatoms. The molecule has 1 aromatic carbocycles. The number of nitrogens with one attached hydrogen (secondary N) is 1. The second kappa shape index (κ2) is 11.2. The van der Waals surface area contributed by atoms with Gasteiger partial charge >= 0.3 is 5.97 Å². The number of carbonyl (C=O) groups excluding carboxylic acids is 1. The van der Waals surface area contributed by atoms with Crippen molar-refractivity contribution in [3.05, 3.63) is 46.0 Å². The van der Waals surface area contributed by atoms with Crippen molar-refractivity contribution in [3.8, 4) is 5.75 Å². The fourth-order valence-corrected chi connectivity index (χ4v) is 4.09. The molecule has 2 aromatic heterocycles. The van der Waals surface area contributed by atoms with Gasteiger partial charge in [-0.05, 0) is 61.4 Å². The van der Waals surface area contributed by atoms with Crippen LogP contribution >= 0.6 is 0 Å². The van der Waals surface area contributed by atoms with Gasteiger partial charge in [0.15, 0.2) is 5.82 Å². The average molecular weight is 471 g/mol. The quantitative estimate of drug-likeness (QED) is 0.417. The van der Waals surface area contributed by atoms with E-state index < -0.39 is 5.97 Å². The van der Waals surface area contributed by atoms with Crippen LogP contribution in [-0.2, 0) is 33.9 Å². The Kier molecular flexibility index (Phi) is 7.86. The highest BCUT2D eigenvalue weighted by Crippen LogP contribution is 2.21. The van der Waals surface area contributed by atoms with Crippen molar-refractivity contribution in [2.24, 2.45) is 0 Å². The first-order valence-corrected chi connectivity index (χ1v) is 11.6. The van der Waals surface area contributed by atoms with Crippen molar-refractivity contribution in [2.45, 2.75) is 52.4 Å². The molecule has 1 N–H and O–H groups in total. The summed E-state index contributed by atoms with van der Waals surface area (Å²) in [5, 5.41) is 12.7. The number of H-pyrrole nitrogens is 1. The van der Waals surface area contributed by atoms with Crippen LogP contribution in [0.15, 0.2) is 29.1 Å². The molecule has 34 heavy (non-hydrogen) atoms. The van der Waals surface area contributed by atoms with Gasteiger partial charge in [-0.25, -0.2) is 4.68 Å². The van der Waals surface area contributed by atoms with Crippen LogP contribution in [0.3, 0.4) is 0 Å². The molecular formula is C23H30N6O5. The lowest BCUT2D eigenvalue weighted by molar-refractivity contribution is -0.144. The standard InChI is InChI=1S/C23H30N6O5/c1-3-32-18-7-8-20-16(11-18)10-17(23(31)24-20)12-28(13-19-6-5-9-34-19)14-21-25-26-27-29(21)15-22(30)33-4-2/h7-8,10-11,19H,3-6,9,12-15H2,1-2H3,(H,24,31). The minimum atomic E-state index is -0.405. The molecule has 182 valence electrons. The molecule has 0 aliphatic carbocycles. The third kappa shape index (κ3) is 5.97. The Balaban J connectivity index is 1.57. The molecule has 0 bridgehead atoms. The summed E-state index contributed by atoms with van der Waals surface area (Å²) in [6.07, 6.45) is 2.03. The molecule has 1 aliphatic rings. The van der Waals surface area contributed by atoms with Gasteiger partial charge in [-0.15, -0.1) is 5.10 Å². The van der Waals surface area contributed by atoms with Crippen molar-refractivity contribution in [2.75, 3.05) is 26.4 Å². The molecule has 0 radical (unpaired) electrons. The summed E-state index contributed by atoms with van der Waals surface area (Å²) < 4.78 is 17.9. The summed E-state index contributed by atoms with van der Waals surface area (Å²) in [6.45, 7) is 6.54. The number of aromatic amines is 1. The monoisotopic (exact) mass is 470 g/mol. The predicted molar refractivity (Wildman–Crippen MR) is 123 cm³/mol. The van der Waals surface area contributed by atoms with Crippen molar-refractivity contribution in [3.63, 3.8) is 0 Å². The Morgan fingerprint density at radius 2 is 2.15 bits per heavy atom. The lowest BCUT2D eigenvalue weighted by atomic mass is 10.1. The number of tetrazole rings is 1. The number of pyridine rings is 1. The summed E-state index contributed by atoms with van der Waals surface area (Å²) in [7, 11) is 0. The second-order valence-corrected chi connectivity index (χ2v) is 8.17. The molecule has 1 unspecified atom stereocenters. The van der Waals surface area contributed by atoms with Gasteiger partial charge < -0.3 is 19.2 Å². The number of rotatable bonds is 11. The van der Waals surface area contributed by atoms with Gasteiger partial charge in [-0.1, -0.05) is 0 Å². The van der Waals surface area contributed by atoms with Crippen molar-refractivity contribution < 1.29 is 19.0 Å². The molecule has 0 saturated carbocycles. The van der Waals surface area contributed by atoms with Crippen LogP contribution in [0.2, 0.25) is 0 Å². The molecule has 1 saturated heterocycles. The van der Waals surface area contributed by atoms with E-state index in [4.69, 9.17) is 14.2 Å². The van der Waals surface area contributed by atoms with E-state index in [0.717, 1.165) is 36.1 Å². The van der Waals surface area contributed by atoms with E-state index in [-0.39, 0.29) is 24.8 Å². The summed E-state index contributed by atoms with van der Waals surface area (Å²) in [5.74, 6) is 0.863. The number of hydrogen-bond acceptors (Lipinski definition) is 9. The second-order valence-electron chi connectivity index (χ2n) is 8.17. The zero-order valence-electron chi connectivity index (χ0n) is 19.5. The summed E-state index contributed by atoms with van der Waals surface area (Å²) in [6, 6.07) is 7.50. The average Bonchev–Trinajstić information content (AvgIpc) is 3.47. The summed E-state index contributed by atoms with van der Waals surface area (Å²) in [5.41, 5.74) is 1.21. The van der Waals surface area contributed by atoms with Crippen LogP contribution in [-0.4, -0.2) is 68.5 Å². The van der Waals surface area contributed by atoms with E-state index in [1.165, 1.54) is 4.68 Å². The number of hydrogen-bond donors (Lipinski definition) is 1. The normalized spacial score (nSPS) is 15.8. The zero-order chi connectivity index (χ0) is 23.9. The molecule has 11 nitrogen and oxygen atoms in total. The third-order valence-electron chi connectivity index (χ3n) is 5.64. The first-order chi connectivity index (χ1) is 16.6. The van der Waals surface area contributed by atoms with Crippen LogP contribution in [0, 0.1) is 0 Å². The van der Waals surface area contributed by atoms with Gasteiger partial charge in [0.1, 0.15) is 12.3 Å². The van der Waals surface area contributed by atoms with E-state index in [1.807, 2.05) is 31.2 Å². The summed E-state index contributed by atoms with van der Waals surface area (Å²) >= 11 is 0. The fourth-order valence-electron chi connectivity index (χ4n) is 4.09. The maximum Gasteiger partial charge on any atom is 0.327 e. The zero-order valence-corrected chi connectivity index (χ0v) is 19.5. The topological polar surface area (TPSA) is 124 Å². The summed E-state index contributed by atoms with van der Waals surface area (Å²) in [4.78, 5) is 29.8. The predicted octanol–water partition coefficient (Wildman–Crippen LogP) is 1.66. The van der Waals surface area contributed by atoms with Gasteiger partial charge in [0, 0.05) is 36.2 Å². The van der Waals surface area contributed by atoms with E-state index in [9.17, 15) is 9.59 Å². The molecule has 1 atom stereocenters. The number of fused-ring (bicyclic) bond motifs is 1. The SMILES string of the molecule is CCOC(=O)Cn1nnnc1CN(Cc1cc2cc(OCC)ccc2[nH]c1=O)CC1CCCO1. The molecule has 4 rings (SSSR count). The highest BCUT2D eigenvalue weighted by Gasteiger charge is 2.23. The first kappa shape index (κ1) is 23.8. The number of nitrogens with zero attached hydrogens (tertiary/aromatic N) is 5.